The molecule has 2 aromatic rings. The first kappa shape index (κ1) is 15.3. The van der Waals surface area contributed by atoms with E-state index in [1.54, 1.807) is 37.4 Å². The lowest BCUT2D eigenvalue weighted by atomic mass is 10.2. The van der Waals surface area contributed by atoms with Gasteiger partial charge in [-0.3, -0.25) is 4.79 Å². The number of nitrogens with one attached hydrogen (secondary N) is 1. The molecule has 110 valence electrons. The van der Waals surface area contributed by atoms with Crippen molar-refractivity contribution in [1.82, 2.24) is 0 Å². The quantitative estimate of drug-likeness (QED) is 0.680. The van der Waals surface area contributed by atoms with Gasteiger partial charge >= 0.3 is 0 Å². The third kappa shape index (κ3) is 4.46. The topological polar surface area (TPSA) is 74.5 Å². The molecule has 2 rings (SSSR count). The Kier molecular flexibility index (Phi) is 5.27. The maximum absolute atomic E-state index is 12.0. The minimum atomic E-state index is -0.745. The minimum Gasteiger partial charge on any atom is -0.383 e. The van der Waals surface area contributed by atoms with Crippen LogP contribution in [0.2, 0.25) is 0 Å². The molecule has 0 heterocycles. The zero-order valence-electron chi connectivity index (χ0n) is 12.1. The number of benzene rings is 2. The van der Waals surface area contributed by atoms with E-state index in [4.69, 9.17) is 10.1 Å². The molecule has 5 nitrogen and oxygen atoms in total. The fraction of sp³-hybridized carbons (Fsp3) is 0.118. The Bertz CT molecular complexity index is 705. The van der Waals surface area contributed by atoms with Crippen LogP contribution in [0.25, 0.3) is 0 Å². The lowest BCUT2D eigenvalue weighted by Crippen LogP contribution is -2.26. The van der Waals surface area contributed by atoms with Gasteiger partial charge in [0, 0.05) is 5.69 Å². The summed E-state index contributed by atoms with van der Waals surface area (Å²) in [5.41, 5.74) is 1.91. The molecule has 2 aromatic carbocycles. The normalized spacial score (nSPS) is 11.6. The standard InChI is InChI=1S/C17H15N3O2/c1-13(22-19-12-14-6-3-2-4-7-14)17(21)20-16-9-5-8-15(10-16)11-18/h2-10,12-13H,1H3,(H,20,21)/b19-12-/t13-/m1/s1. The molecule has 0 aliphatic carbocycles. The number of rotatable bonds is 5. The Labute approximate surface area is 128 Å². The van der Waals surface area contributed by atoms with E-state index in [2.05, 4.69) is 10.5 Å². The fourth-order valence-corrected chi connectivity index (χ4v) is 1.68. The molecule has 0 saturated carbocycles. The number of carbonyl (C=O) groups is 1. The second-order valence-electron chi connectivity index (χ2n) is 4.57. The average Bonchev–Trinajstić information content (AvgIpc) is 2.56. The summed E-state index contributed by atoms with van der Waals surface area (Å²) in [6.07, 6.45) is 0.797. The third-order valence-corrected chi connectivity index (χ3v) is 2.85. The Morgan fingerprint density at radius 2 is 2.05 bits per heavy atom. The number of nitriles is 1. The van der Waals surface area contributed by atoms with E-state index in [9.17, 15) is 4.79 Å². The van der Waals surface area contributed by atoms with E-state index in [0.717, 1.165) is 5.56 Å². The van der Waals surface area contributed by atoms with Gasteiger partial charge < -0.3 is 10.2 Å². The van der Waals surface area contributed by atoms with Gasteiger partial charge in [0.2, 0.25) is 6.10 Å². The average molecular weight is 293 g/mol. The number of anilines is 1. The number of nitrogens with zero attached hydrogens (tertiary/aromatic N) is 2. The van der Waals surface area contributed by atoms with Gasteiger partial charge in [0.1, 0.15) is 0 Å². The third-order valence-electron chi connectivity index (χ3n) is 2.85. The van der Waals surface area contributed by atoms with Crippen molar-refractivity contribution in [2.24, 2.45) is 5.16 Å². The Hall–Kier alpha value is -3.13. The van der Waals surface area contributed by atoms with E-state index >= 15 is 0 Å². The first-order valence-electron chi connectivity index (χ1n) is 6.74. The van der Waals surface area contributed by atoms with Gasteiger partial charge in [0.05, 0.1) is 17.8 Å². The van der Waals surface area contributed by atoms with Crippen LogP contribution in [0.5, 0.6) is 0 Å². The van der Waals surface area contributed by atoms with Crippen LogP contribution in [0.3, 0.4) is 0 Å². The molecule has 0 radical (unpaired) electrons. The van der Waals surface area contributed by atoms with Gasteiger partial charge in [-0.2, -0.15) is 5.26 Å². The molecular weight excluding hydrogens is 278 g/mol. The number of amides is 1. The summed E-state index contributed by atoms with van der Waals surface area (Å²) in [6.45, 7) is 1.60. The summed E-state index contributed by atoms with van der Waals surface area (Å²) >= 11 is 0. The highest BCUT2D eigenvalue weighted by atomic mass is 16.6. The molecule has 0 bridgehead atoms. The van der Waals surface area contributed by atoms with Gasteiger partial charge in [-0.1, -0.05) is 41.6 Å². The summed E-state index contributed by atoms with van der Waals surface area (Å²) in [6, 6.07) is 18.1. The molecule has 0 saturated heterocycles. The molecule has 1 atom stereocenters. The molecule has 0 aliphatic rings. The zero-order chi connectivity index (χ0) is 15.8. The van der Waals surface area contributed by atoms with Crippen molar-refractivity contribution in [3.8, 4) is 6.07 Å². The predicted octanol–water partition coefficient (Wildman–Crippen LogP) is 2.94. The summed E-state index contributed by atoms with van der Waals surface area (Å²) in [5.74, 6) is -0.333. The van der Waals surface area contributed by atoms with Crippen LogP contribution in [-0.4, -0.2) is 18.2 Å². The molecule has 0 spiro atoms. The van der Waals surface area contributed by atoms with Crippen molar-refractivity contribution >= 4 is 17.8 Å². The molecule has 0 aromatic heterocycles. The first-order chi connectivity index (χ1) is 10.7. The van der Waals surface area contributed by atoms with Gasteiger partial charge in [0.25, 0.3) is 5.91 Å². The van der Waals surface area contributed by atoms with E-state index in [1.807, 2.05) is 36.4 Å². The van der Waals surface area contributed by atoms with Crippen molar-refractivity contribution < 1.29 is 9.63 Å². The largest absolute Gasteiger partial charge is 0.383 e. The Morgan fingerprint density at radius 3 is 2.77 bits per heavy atom. The Balaban J connectivity index is 1.89. The van der Waals surface area contributed by atoms with Gasteiger partial charge in [-0.05, 0) is 30.7 Å². The maximum Gasteiger partial charge on any atom is 0.267 e. The zero-order valence-corrected chi connectivity index (χ0v) is 12.1. The van der Waals surface area contributed by atoms with Gasteiger partial charge in [0.15, 0.2) is 0 Å². The smallest absolute Gasteiger partial charge is 0.267 e. The van der Waals surface area contributed by atoms with Crippen molar-refractivity contribution in [2.45, 2.75) is 13.0 Å². The highest BCUT2D eigenvalue weighted by Gasteiger charge is 2.14. The van der Waals surface area contributed by atoms with Gasteiger partial charge in [-0.15, -0.1) is 0 Å². The molecule has 0 unspecified atom stereocenters. The van der Waals surface area contributed by atoms with Crippen LogP contribution in [-0.2, 0) is 9.63 Å². The number of hydrogen-bond acceptors (Lipinski definition) is 4. The van der Waals surface area contributed by atoms with Crippen LogP contribution >= 0.6 is 0 Å². The second-order valence-corrected chi connectivity index (χ2v) is 4.57. The SMILES string of the molecule is C[C@@H](O/N=C\c1ccccc1)C(=O)Nc1cccc(C#N)c1. The lowest BCUT2D eigenvalue weighted by Gasteiger charge is -2.10. The maximum atomic E-state index is 12.0. The molecule has 5 heteroatoms. The molecule has 0 aliphatic heterocycles. The van der Waals surface area contributed by atoms with Crippen molar-refractivity contribution in [3.05, 3.63) is 65.7 Å². The van der Waals surface area contributed by atoms with E-state index < -0.39 is 6.10 Å². The number of oxime groups is 1. The number of carbonyl (C=O) groups excluding carboxylic acids is 1. The van der Waals surface area contributed by atoms with Crippen LogP contribution in [0.1, 0.15) is 18.1 Å². The monoisotopic (exact) mass is 293 g/mol. The van der Waals surface area contributed by atoms with E-state index in [1.165, 1.54) is 0 Å². The molecule has 1 amide bonds. The molecule has 22 heavy (non-hydrogen) atoms. The van der Waals surface area contributed by atoms with E-state index in [0.29, 0.717) is 11.3 Å². The highest BCUT2D eigenvalue weighted by Crippen LogP contribution is 2.10. The minimum absolute atomic E-state index is 0.333. The van der Waals surface area contributed by atoms with Crippen LogP contribution in [0.15, 0.2) is 59.8 Å². The summed E-state index contributed by atoms with van der Waals surface area (Å²) in [5, 5.41) is 15.3. The summed E-state index contributed by atoms with van der Waals surface area (Å²) < 4.78 is 0. The fourth-order valence-electron chi connectivity index (χ4n) is 1.68. The Morgan fingerprint density at radius 1 is 1.27 bits per heavy atom. The van der Waals surface area contributed by atoms with Crippen molar-refractivity contribution in [1.29, 1.82) is 5.26 Å². The predicted molar refractivity (Wildman–Crippen MR) is 84.4 cm³/mol. The molecule has 0 fully saturated rings. The van der Waals surface area contributed by atoms with Crippen molar-refractivity contribution in [2.75, 3.05) is 5.32 Å². The molecule has 1 N–H and O–H groups in total. The van der Waals surface area contributed by atoms with Crippen LogP contribution in [0, 0.1) is 11.3 Å². The van der Waals surface area contributed by atoms with E-state index in [-0.39, 0.29) is 5.91 Å². The second kappa shape index (κ2) is 7.60. The van der Waals surface area contributed by atoms with Crippen molar-refractivity contribution in [3.63, 3.8) is 0 Å². The number of hydrogen-bond donors (Lipinski definition) is 1. The summed E-state index contributed by atoms with van der Waals surface area (Å²) in [4.78, 5) is 17.1. The molecular formula is C17H15N3O2. The summed E-state index contributed by atoms with van der Waals surface area (Å²) in [7, 11) is 0. The van der Waals surface area contributed by atoms with Gasteiger partial charge in [-0.25, -0.2) is 0 Å². The lowest BCUT2D eigenvalue weighted by molar-refractivity contribution is -0.126. The van der Waals surface area contributed by atoms with Crippen LogP contribution in [0.4, 0.5) is 5.69 Å². The first-order valence-corrected chi connectivity index (χ1v) is 6.74. The highest BCUT2D eigenvalue weighted by molar-refractivity contribution is 5.94. The van der Waals surface area contributed by atoms with Crippen LogP contribution < -0.4 is 5.32 Å².